The molecule has 82 valence electrons. The minimum absolute atomic E-state index is 0.178. The van der Waals surface area contributed by atoms with Crippen LogP contribution in [0.15, 0.2) is 0 Å². The van der Waals surface area contributed by atoms with E-state index in [1.807, 2.05) is 0 Å². The third-order valence-corrected chi connectivity index (χ3v) is 4.05. The van der Waals surface area contributed by atoms with Gasteiger partial charge in [0, 0.05) is 18.1 Å². The molecule has 2 heteroatoms. The summed E-state index contributed by atoms with van der Waals surface area (Å²) in [5, 5.41) is 0. The van der Waals surface area contributed by atoms with Crippen LogP contribution in [0.3, 0.4) is 0 Å². The predicted molar refractivity (Wildman–Crippen MR) is 60.2 cm³/mol. The fraction of sp³-hybridized carbons (Fsp3) is 1.00. The van der Waals surface area contributed by atoms with Crippen molar-refractivity contribution < 1.29 is 0 Å². The lowest BCUT2D eigenvalue weighted by molar-refractivity contribution is 0.117. The van der Waals surface area contributed by atoms with Gasteiger partial charge in [0.1, 0.15) is 0 Å². The van der Waals surface area contributed by atoms with Crippen LogP contribution >= 0.6 is 0 Å². The molecule has 1 atom stereocenters. The van der Waals surface area contributed by atoms with Crippen molar-refractivity contribution in [2.24, 2.45) is 11.7 Å². The first kappa shape index (κ1) is 10.4. The molecule has 0 aromatic carbocycles. The van der Waals surface area contributed by atoms with Gasteiger partial charge in [-0.1, -0.05) is 13.8 Å². The molecule has 0 radical (unpaired) electrons. The Morgan fingerprint density at radius 3 is 2.57 bits per heavy atom. The first-order valence-corrected chi connectivity index (χ1v) is 6.14. The second-order valence-corrected chi connectivity index (χ2v) is 5.64. The van der Waals surface area contributed by atoms with Gasteiger partial charge in [-0.2, -0.15) is 0 Å². The molecule has 14 heavy (non-hydrogen) atoms. The molecule has 1 heterocycles. The lowest BCUT2D eigenvalue weighted by atomic mass is 9.77. The van der Waals surface area contributed by atoms with Crippen LogP contribution in [0, 0.1) is 5.92 Å². The second-order valence-electron chi connectivity index (χ2n) is 5.64. The number of rotatable bonds is 3. The Bertz CT molecular complexity index is 196. The molecule has 0 spiro atoms. The van der Waals surface area contributed by atoms with Gasteiger partial charge in [0.15, 0.2) is 0 Å². The van der Waals surface area contributed by atoms with Crippen LogP contribution < -0.4 is 5.73 Å². The predicted octanol–water partition coefficient (Wildman–Crippen LogP) is 1.99. The summed E-state index contributed by atoms with van der Waals surface area (Å²) in [6, 6.07) is 0.802. The highest BCUT2D eigenvalue weighted by molar-refractivity contribution is 4.97. The standard InChI is InChI=1S/C12H24N2/c1-10(2)11-5-3-8-14(11)9-12(13)6-4-7-12/h10-11H,3-9,13H2,1-2H3. The van der Waals surface area contributed by atoms with E-state index < -0.39 is 0 Å². The van der Waals surface area contributed by atoms with E-state index >= 15 is 0 Å². The zero-order valence-electron chi connectivity index (χ0n) is 9.63. The van der Waals surface area contributed by atoms with E-state index in [-0.39, 0.29) is 5.54 Å². The summed E-state index contributed by atoms with van der Waals surface area (Å²) in [6.45, 7) is 7.11. The summed E-state index contributed by atoms with van der Waals surface area (Å²) in [6.07, 6.45) is 6.59. The largest absolute Gasteiger partial charge is 0.324 e. The molecular formula is C12H24N2. The van der Waals surface area contributed by atoms with Gasteiger partial charge in [0.05, 0.1) is 0 Å². The number of nitrogens with zero attached hydrogens (tertiary/aromatic N) is 1. The molecular weight excluding hydrogens is 172 g/mol. The normalized spacial score (nSPS) is 32.1. The van der Waals surface area contributed by atoms with E-state index in [2.05, 4.69) is 18.7 Å². The molecule has 1 unspecified atom stereocenters. The van der Waals surface area contributed by atoms with Crippen LogP contribution in [0.1, 0.15) is 46.0 Å². The van der Waals surface area contributed by atoms with Crippen molar-refractivity contribution >= 4 is 0 Å². The van der Waals surface area contributed by atoms with Gasteiger partial charge < -0.3 is 5.73 Å². The van der Waals surface area contributed by atoms with Crippen LogP contribution in [0.2, 0.25) is 0 Å². The Balaban J connectivity index is 1.90. The number of hydrogen-bond acceptors (Lipinski definition) is 2. The van der Waals surface area contributed by atoms with Crippen LogP contribution in [-0.4, -0.2) is 29.6 Å². The van der Waals surface area contributed by atoms with E-state index in [4.69, 9.17) is 5.73 Å². The average molecular weight is 196 g/mol. The van der Waals surface area contributed by atoms with Gasteiger partial charge in [-0.3, -0.25) is 4.90 Å². The first-order valence-electron chi connectivity index (χ1n) is 6.14. The maximum absolute atomic E-state index is 6.30. The molecule has 2 fully saturated rings. The highest BCUT2D eigenvalue weighted by Crippen LogP contribution is 2.33. The fourth-order valence-electron chi connectivity index (χ4n) is 3.00. The molecule has 2 rings (SSSR count). The third kappa shape index (κ3) is 1.96. The van der Waals surface area contributed by atoms with Gasteiger partial charge in [0.2, 0.25) is 0 Å². The topological polar surface area (TPSA) is 29.3 Å². The van der Waals surface area contributed by atoms with Gasteiger partial charge in [0.25, 0.3) is 0 Å². The zero-order valence-corrected chi connectivity index (χ0v) is 9.63. The van der Waals surface area contributed by atoms with E-state index in [0.29, 0.717) is 0 Å². The van der Waals surface area contributed by atoms with Gasteiger partial charge in [-0.15, -0.1) is 0 Å². The molecule has 1 aliphatic carbocycles. The molecule has 0 aromatic heterocycles. The van der Waals surface area contributed by atoms with E-state index in [1.165, 1.54) is 38.6 Å². The lowest BCUT2D eigenvalue weighted by Gasteiger charge is -2.43. The zero-order chi connectivity index (χ0) is 10.2. The van der Waals surface area contributed by atoms with Gasteiger partial charge in [-0.05, 0) is 44.6 Å². The van der Waals surface area contributed by atoms with E-state index in [0.717, 1.165) is 18.5 Å². The highest BCUT2D eigenvalue weighted by Gasteiger charge is 2.38. The Hall–Kier alpha value is -0.0800. The molecule has 0 amide bonds. The number of hydrogen-bond donors (Lipinski definition) is 1. The molecule has 1 saturated heterocycles. The van der Waals surface area contributed by atoms with E-state index in [9.17, 15) is 0 Å². The summed E-state index contributed by atoms with van der Waals surface area (Å²) in [7, 11) is 0. The molecule has 1 aliphatic heterocycles. The SMILES string of the molecule is CC(C)C1CCCN1CC1(N)CCC1. The van der Waals surface area contributed by atoms with Crippen molar-refractivity contribution in [2.45, 2.75) is 57.5 Å². The summed E-state index contributed by atoms with van der Waals surface area (Å²) in [4.78, 5) is 2.64. The Morgan fingerprint density at radius 1 is 1.36 bits per heavy atom. The monoisotopic (exact) mass is 196 g/mol. The van der Waals surface area contributed by atoms with Crippen LogP contribution in [-0.2, 0) is 0 Å². The van der Waals surface area contributed by atoms with Crippen LogP contribution in [0.5, 0.6) is 0 Å². The lowest BCUT2D eigenvalue weighted by Crippen LogP contribution is -2.56. The summed E-state index contributed by atoms with van der Waals surface area (Å²) in [5.74, 6) is 0.793. The molecule has 0 aromatic rings. The van der Waals surface area contributed by atoms with Crippen LogP contribution in [0.25, 0.3) is 0 Å². The Labute approximate surface area is 87.8 Å². The number of likely N-dealkylation sites (tertiary alicyclic amines) is 1. The quantitative estimate of drug-likeness (QED) is 0.748. The maximum Gasteiger partial charge on any atom is 0.0283 e. The smallest absolute Gasteiger partial charge is 0.0283 e. The molecule has 2 N–H and O–H groups in total. The Morgan fingerprint density at radius 2 is 2.07 bits per heavy atom. The second kappa shape index (κ2) is 3.82. The summed E-state index contributed by atoms with van der Waals surface area (Å²) < 4.78 is 0. The van der Waals surface area contributed by atoms with Crippen molar-refractivity contribution in [2.75, 3.05) is 13.1 Å². The third-order valence-electron chi connectivity index (χ3n) is 4.05. The minimum atomic E-state index is 0.178. The number of nitrogens with two attached hydrogens (primary N) is 1. The van der Waals surface area contributed by atoms with Crippen molar-refractivity contribution in [1.29, 1.82) is 0 Å². The Kier molecular flexibility index (Phi) is 2.85. The van der Waals surface area contributed by atoms with Crippen LogP contribution in [0.4, 0.5) is 0 Å². The van der Waals surface area contributed by atoms with Crippen molar-refractivity contribution in [3.63, 3.8) is 0 Å². The summed E-state index contributed by atoms with van der Waals surface area (Å²) in [5.41, 5.74) is 6.48. The molecule has 0 bridgehead atoms. The first-order chi connectivity index (χ1) is 6.61. The average Bonchev–Trinajstić information content (AvgIpc) is 2.49. The molecule has 2 aliphatic rings. The van der Waals surface area contributed by atoms with Crippen molar-refractivity contribution in [1.82, 2.24) is 4.90 Å². The van der Waals surface area contributed by atoms with Gasteiger partial charge in [-0.25, -0.2) is 0 Å². The van der Waals surface area contributed by atoms with Gasteiger partial charge >= 0.3 is 0 Å². The molecule has 1 saturated carbocycles. The fourth-order valence-corrected chi connectivity index (χ4v) is 3.00. The highest BCUT2D eigenvalue weighted by atomic mass is 15.2. The maximum atomic E-state index is 6.30. The minimum Gasteiger partial charge on any atom is -0.324 e. The van der Waals surface area contributed by atoms with Crippen molar-refractivity contribution in [3.05, 3.63) is 0 Å². The van der Waals surface area contributed by atoms with Crippen molar-refractivity contribution in [3.8, 4) is 0 Å². The van der Waals surface area contributed by atoms with E-state index in [1.54, 1.807) is 0 Å². The summed E-state index contributed by atoms with van der Waals surface area (Å²) >= 11 is 0. The molecule has 2 nitrogen and oxygen atoms in total.